The number of nitrogens with one attached hydrogen (secondary N) is 1. The molecule has 1 aliphatic rings. The van der Waals surface area contributed by atoms with Crippen molar-refractivity contribution in [1.82, 2.24) is 25.0 Å². The van der Waals surface area contributed by atoms with Crippen LogP contribution in [0.15, 0.2) is 54.6 Å². The quantitative estimate of drug-likeness (QED) is 0.352. The van der Waals surface area contributed by atoms with E-state index in [1.165, 1.54) is 4.90 Å². The molecule has 0 unspecified atom stereocenters. The fourth-order valence-corrected chi connectivity index (χ4v) is 4.11. The Morgan fingerprint density at radius 3 is 2.46 bits per heavy atom. The molecule has 0 bridgehead atoms. The van der Waals surface area contributed by atoms with E-state index >= 15 is 0 Å². The molecule has 0 saturated carbocycles. The number of nitrogens with two attached hydrogens (primary N) is 2. The number of carbonyl (C=O) groups is 3. The van der Waals surface area contributed by atoms with Gasteiger partial charge in [0.25, 0.3) is 0 Å². The Bertz CT molecular complexity index is 1320. The van der Waals surface area contributed by atoms with Crippen LogP contribution in [0, 0.1) is 0 Å². The Kier molecular flexibility index (Phi) is 8.57. The average Bonchev–Trinajstić information content (AvgIpc) is 3.34. The topological polar surface area (TPSA) is 168 Å². The Morgan fingerprint density at radius 1 is 1.03 bits per heavy atom. The van der Waals surface area contributed by atoms with Crippen molar-refractivity contribution in [2.45, 2.75) is 51.7 Å². The highest BCUT2D eigenvalue weighted by Crippen LogP contribution is 2.20. The van der Waals surface area contributed by atoms with Crippen LogP contribution in [0.4, 0.5) is 4.79 Å². The molecule has 3 amide bonds. The number of amides is 3. The maximum atomic E-state index is 12.8. The number of nitrogens with zero attached hydrogens (tertiary/aromatic N) is 4. The van der Waals surface area contributed by atoms with Crippen LogP contribution in [0.1, 0.15) is 53.0 Å². The Hall–Kier alpha value is -4.29. The summed E-state index contributed by atoms with van der Waals surface area (Å²) >= 11 is 0. The molecule has 39 heavy (non-hydrogen) atoms. The zero-order valence-electron chi connectivity index (χ0n) is 22.0. The highest BCUT2D eigenvalue weighted by atomic mass is 16.6. The van der Waals surface area contributed by atoms with Gasteiger partial charge in [0.15, 0.2) is 11.6 Å². The van der Waals surface area contributed by atoms with E-state index in [1.807, 2.05) is 34.9 Å². The first-order valence-corrected chi connectivity index (χ1v) is 12.6. The highest BCUT2D eigenvalue weighted by molar-refractivity contribution is 5.94. The third-order valence-electron chi connectivity index (χ3n) is 6.27. The molecule has 0 saturated heterocycles. The molecule has 1 atom stereocenters. The van der Waals surface area contributed by atoms with Gasteiger partial charge >= 0.3 is 6.09 Å². The zero-order valence-corrected chi connectivity index (χ0v) is 22.0. The monoisotopic (exact) mass is 535 g/mol. The van der Waals surface area contributed by atoms with Crippen molar-refractivity contribution in [1.29, 1.82) is 0 Å². The normalized spacial score (nSPS) is 13.9. The number of benzene rings is 2. The summed E-state index contributed by atoms with van der Waals surface area (Å²) in [6.07, 6.45) is -0.550. The molecule has 0 aliphatic carbocycles. The molecule has 12 nitrogen and oxygen atoms in total. The number of hydrogen-bond donors (Lipinski definition) is 3. The first-order valence-electron chi connectivity index (χ1n) is 12.6. The first-order chi connectivity index (χ1) is 18.6. The smallest absolute Gasteiger partial charge is 0.410 e. The van der Waals surface area contributed by atoms with Crippen molar-refractivity contribution in [3.63, 3.8) is 0 Å². The van der Waals surface area contributed by atoms with Crippen molar-refractivity contribution >= 4 is 17.9 Å². The van der Waals surface area contributed by atoms with Gasteiger partial charge in [-0.3, -0.25) is 14.5 Å². The molecule has 0 fully saturated rings. The van der Waals surface area contributed by atoms with Gasteiger partial charge in [-0.05, 0) is 25.5 Å². The number of fused-ring (bicyclic) bond motifs is 1. The summed E-state index contributed by atoms with van der Waals surface area (Å²) in [4.78, 5) is 38.6. The standard InChI is InChI=1S/C27H33N7O5/c1-27(2,29)25(36)30-21(17-38-15-18-8-4-3-5-9-18)24-32-31-22-14-33(12-13-34(22)24)26(37)39-16-19-10-6-7-11-20(19)23(28)35/h3-11,21H,12-17,29H2,1-2H3,(H2,28,35)(H,30,36)/t21-/m1/s1. The molecule has 4 rings (SSSR count). The van der Waals surface area contributed by atoms with Gasteiger partial charge in [-0.25, -0.2) is 4.79 Å². The molecule has 1 aromatic heterocycles. The van der Waals surface area contributed by atoms with Gasteiger partial charge in [-0.1, -0.05) is 48.5 Å². The van der Waals surface area contributed by atoms with Crippen molar-refractivity contribution in [2.75, 3.05) is 13.2 Å². The molecule has 0 spiro atoms. The van der Waals surface area contributed by atoms with Crippen LogP contribution in [0.5, 0.6) is 0 Å². The van der Waals surface area contributed by atoms with Crippen LogP contribution in [-0.2, 0) is 40.6 Å². The fourth-order valence-electron chi connectivity index (χ4n) is 4.11. The molecule has 1 aliphatic heterocycles. The molecule has 2 aromatic carbocycles. The lowest BCUT2D eigenvalue weighted by molar-refractivity contribution is -0.126. The largest absolute Gasteiger partial charge is 0.445 e. The predicted molar refractivity (Wildman–Crippen MR) is 141 cm³/mol. The number of primary amides is 1. The molecule has 3 aromatic rings. The Balaban J connectivity index is 1.43. The summed E-state index contributed by atoms with van der Waals surface area (Å²) in [5, 5.41) is 11.5. The summed E-state index contributed by atoms with van der Waals surface area (Å²) in [7, 11) is 0. The number of hydrogen-bond acceptors (Lipinski definition) is 8. The highest BCUT2D eigenvalue weighted by Gasteiger charge is 2.32. The van der Waals surface area contributed by atoms with Gasteiger partial charge in [0.05, 0.1) is 25.3 Å². The van der Waals surface area contributed by atoms with Crippen LogP contribution in [0.2, 0.25) is 0 Å². The van der Waals surface area contributed by atoms with E-state index in [9.17, 15) is 14.4 Å². The molecule has 206 valence electrons. The minimum atomic E-state index is -1.10. The van der Waals surface area contributed by atoms with Crippen molar-refractivity contribution < 1.29 is 23.9 Å². The fraction of sp³-hybridized carbons (Fsp3) is 0.370. The maximum Gasteiger partial charge on any atom is 0.410 e. The first kappa shape index (κ1) is 27.7. The predicted octanol–water partition coefficient (Wildman–Crippen LogP) is 1.64. The number of ether oxygens (including phenoxy) is 2. The van der Waals surface area contributed by atoms with E-state index in [4.69, 9.17) is 20.9 Å². The van der Waals surface area contributed by atoms with Gasteiger partial charge in [0.2, 0.25) is 11.8 Å². The second-order valence-electron chi connectivity index (χ2n) is 9.87. The SMILES string of the molecule is CC(C)(N)C(=O)N[C@H](COCc1ccccc1)c1nnc2n1CCN(C(=O)OCc1ccccc1C(N)=O)C2. The molecule has 2 heterocycles. The second kappa shape index (κ2) is 12.0. The molecule has 5 N–H and O–H groups in total. The van der Waals surface area contributed by atoms with Crippen molar-refractivity contribution in [3.8, 4) is 0 Å². The molecular weight excluding hydrogens is 502 g/mol. The summed E-state index contributed by atoms with van der Waals surface area (Å²) in [6, 6.07) is 15.8. The van der Waals surface area contributed by atoms with Crippen molar-refractivity contribution in [2.24, 2.45) is 11.5 Å². The minimum Gasteiger partial charge on any atom is -0.445 e. The second-order valence-corrected chi connectivity index (χ2v) is 9.87. The Morgan fingerprint density at radius 2 is 1.74 bits per heavy atom. The van der Waals surface area contributed by atoms with Crippen LogP contribution in [-0.4, -0.2) is 56.3 Å². The van der Waals surface area contributed by atoms with Crippen LogP contribution in [0.25, 0.3) is 0 Å². The summed E-state index contributed by atoms with van der Waals surface area (Å²) in [5.74, 6) is 0.109. The summed E-state index contributed by atoms with van der Waals surface area (Å²) in [6.45, 7) is 4.55. The molecule has 12 heteroatoms. The van der Waals surface area contributed by atoms with Gasteiger partial charge in [-0.2, -0.15) is 0 Å². The van der Waals surface area contributed by atoms with Crippen LogP contribution < -0.4 is 16.8 Å². The Labute approximate surface area is 226 Å². The maximum absolute atomic E-state index is 12.8. The van der Waals surface area contributed by atoms with Crippen molar-refractivity contribution in [3.05, 3.63) is 82.9 Å². The van der Waals surface area contributed by atoms with E-state index in [0.717, 1.165) is 5.56 Å². The van der Waals surface area contributed by atoms with Gasteiger partial charge in [0, 0.05) is 24.2 Å². The van der Waals surface area contributed by atoms with Crippen LogP contribution >= 0.6 is 0 Å². The lowest BCUT2D eigenvalue weighted by Crippen LogP contribution is -2.51. The summed E-state index contributed by atoms with van der Waals surface area (Å²) in [5.41, 5.74) is 12.1. The van der Waals surface area contributed by atoms with Gasteiger partial charge in [-0.15, -0.1) is 10.2 Å². The lowest BCUT2D eigenvalue weighted by atomic mass is 10.1. The zero-order chi connectivity index (χ0) is 28.0. The third kappa shape index (κ3) is 6.98. The lowest BCUT2D eigenvalue weighted by Gasteiger charge is -2.29. The third-order valence-corrected chi connectivity index (χ3v) is 6.27. The number of carbonyl (C=O) groups excluding carboxylic acids is 3. The average molecular weight is 536 g/mol. The number of rotatable bonds is 10. The number of aromatic nitrogens is 3. The van der Waals surface area contributed by atoms with E-state index in [0.29, 0.717) is 42.5 Å². The van der Waals surface area contributed by atoms with E-state index in [1.54, 1.807) is 38.1 Å². The molecular formula is C27H33N7O5. The summed E-state index contributed by atoms with van der Waals surface area (Å²) < 4.78 is 13.2. The molecule has 0 radical (unpaired) electrons. The van der Waals surface area contributed by atoms with E-state index in [2.05, 4.69) is 15.5 Å². The van der Waals surface area contributed by atoms with Gasteiger partial charge < -0.3 is 30.8 Å². The van der Waals surface area contributed by atoms with E-state index in [-0.39, 0.29) is 25.7 Å². The minimum absolute atomic E-state index is 0.0892. The van der Waals surface area contributed by atoms with E-state index < -0.39 is 23.6 Å². The van der Waals surface area contributed by atoms with Gasteiger partial charge in [0.1, 0.15) is 12.6 Å². The van der Waals surface area contributed by atoms with Crippen LogP contribution in [0.3, 0.4) is 0 Å².